The van der Waals surface area contributed by atoms with Crippen LogP contribution in [0.25, 0.3) is 0 Å². The number of thiazole rings is 1. The van der Waals surface area contributed by atoms with Crippen LogP contribution in [0.1, 0.15) is 44.3 Å². The highest BCUT2D eigenvalue weighted by Crippen LogP contribution is 2.36. The van der Waals surface area contributed by atoms with Crippen molar-refractivity contribution in [2.75, 3.05) is 12.0 Å². The highest BCUT2D eigenvalue weighted by atomic mass is 32.2. The molecule has 2 heterocycles. The first-order chi connectivity index (χ1) is 14.2. The molecule has 1 aliphatic rings. The fourth-order valence-corrected chi connectivity index (χ4v) is 5.31. The molecule has 2 aromatic heterocycles. The van der Waals surface area contributed by atoms with Crippen LogP contribution in [0.15, 0.2) is 34.8 Å². The molecule has 4 rings (SSSR count). The van der Waals surface area contributed by atoms with Gasteiger partial charge in [-0.1, -0.05) is 36.7 Å². The first kappa shape index (κ1) is 19.8. The number of aromatic nitrogens is 5. The Labute approximate surface area is 177 Å². The van der Waals surface area contributed by atoms with E-state index in [1.807, 2.05) is 34.3 Å². The summed E-state index contributed by atoms with van der Waals surface area (Å²) in [6.45, 7) is 1.53. The molecule has 8 nitrogen and oxygen atoms in total. The zero-order valence-electron chi connectivity index (χ0n) is 16.3. The number of hydrogen-bond acceptors (Lipinski definition) is 8. The minimum Gasteiger partial charge on any atom is -0.495 e. The van der Waals surface area contributed by atoms with Crippen molar-refractivity contribution in [3.8, 4) is 5.75 Å². The summed E-state index contributed by atoms with van der Waals surface area (Å²) >= 11 is 3.01. The molecular weight excluding hydrogens is 408 g/mol. The van der Waals surface area contributed by atoms with Crippen molar-refractivity contribution < 1.29 is 9.53 Å². The summed E-state index contributed by atoms with van der Waals surface area (Å²) in [4.78, 5) is 18.6. The Hall–Kier alpha value is -2.46. The van der Waals surface area contributed by atoms with E-state index in [-0.39, 0.29) is 5.91 Å². The topological polar surface area (TPSA) is 86.0 Å². The number of rotatable bonds is 7. The smallest absolute Gasteiger partial charge is 0.230 e. The normalized spacial score (nSPS) is 14.3. The van der Waals surface area contributed by atoms with Crippen LogP contribution < -0.4 is 9.64 Å². The summed E-state index contributed by atoms with van der Waals surface area (Å²) in [7, 11) is 1.59. The maximum Gasteiger partial charge on any atom is 0.230 e. The summed E-state index contributed by atoms with van der Waals surface area (Å²) < 4.78 is 7.36. The van der Waals surface area contributed by atoms with Gasteiger partial charge in [-0.2, -0.15) is 0 Å². The molecule has 3 aromatic rings. The molecule has 29 heavy (non-hydrogen) atoms. The van der Waals surface area contributed by atoms with Gasteiger partial charge < -0.3 is 4.74 Å². The van der Waals surface area contributed by atoms with Crippen LogP contribution in [0.3, 0.4) is 0 Å². The predicted molar refractivity (Wildman–Crippen MR) is 113 cm³/mol. The second-order valence-electron chi connectivity index (χ2n) is 6.78. The monoisotopic (exact) mass is 430 g/mol. The maximum atomic E-state index is 12.4. The van der Waals surface area contributed by atoms with Crippen LogP contribution in [-0.2, 0) is 10.5 Å². The van der Waals surface area contributed by atoms with Crippen LogP contribution in [0.4, 0.5) is 10.8 Å². The molecule has 1 aliphatic carbocycles. The molecule has 0 unspecified atom stereocenters. The minimum atomic E-state index is -0.117. The van der Waals surface area contributed by atoms with Crippen molar-refractivity contribution in [3.05, 3.63) is 35.3 Å². The van der Waals surface area contributed by atoms with Crippen LogP contribution in [0, 0.1) is 0 Å². The van der Waals surface area contributed by atoms with E-state index in [1.54, 1.807) is 23.8 Å². The van der Waals surface area contributed by atoms with E-state index in [9.17, 15) is 4.79 Å². The summed E-state index contributed by atoms with van der Waals surface area (Å²) in [5.74, 6) is 1.15. The van der Waals surface area contributed by atoms with Gasteiger partial charge >= 0.3 is 0 Å². The van der Waals surface area contributed by atoms with Crippen LogP contribution in [0.2, 0.25) is 0 Å². The molecule has 0 aliphatic heterocycles. The van der Waals surface area contributed by atoms with Gasteiger partial charge in [-0.25, -0.2) is 9.67 Å². The summed E-state index contributed by atoms with van der Waals surface area (Å²) in [5, 5.41) is 15.6. The number of benzene rings is 1. The van der Waals surface area contributed by atoms with Gasteiger partial charge in [0.25, 0.3) is 0 Å². The molecule has 10 heteroatoms. The highest BCUT2D eigenvalue weighted by Gasteiger charge is 2.23. The number of methoxy groups -OCH3 is 1. The minimum absolute atomic E-state index is 0.117. The van der Waals surface area contributed by atoms with Gasteiger partial charge in [-0.05, 0) is 35.4 Å². The lowest BCUT2D eigenvalue weighted by molar-refractivity contribution is -0.115. The maximum absolute atomic E-state index is 12.4. The third-order valence-corrected chi connectivity index (χ3v) is 6.70. The molecule has 0 saturated heterocycles. The summed E-state index contributed by atoms with van der Waals surface area (Å²) in [6.07, 6.45) is 4.72. The number of thioether (sulfide) groups is 1. The Morgan fingerprint density at radius 3 is 2.90 bits per heavy atom. The van der Waals surface area contributed by atoms with Gasteiger partial charge in [0.15, 0.2) is 5.13 Å². The Morgan fingerprint density at radius 1 is 1.34 bits per heavy atom. The molecule has 0 bridgehead atoms. The molecular formula is C19H22N6O2S2. The largest absolute Gasteiger partial charge is 0.495 e. The number of amides is 1. The molecule has 1 aromatic carbocycles. The Bertz CT molecular complexity index is 983. The predicted octanol–water partition coefficient (Wildman–Crippen LogP) is 4.23. The second kappa shape index (κ2) is 8.91. The molecule has 0 N–H and O–H groups in total. The molecule has 1 fully saturated rings. The van der Waals surface area contributed by atoms with E-state index in [0.29, 0.717) is 28.4 Å². The molecule has 152 valence electrons. The van der Waals surface area contributed by atoms with E-state index in [0.717, 1.165) is 23.7 Å². The van der Waals surface area contributed by atoms with Crippen molar-refractivity contribution in [2.24, 2.45) is 0 Å². The van der Waals surface area contributed by atoms with E-state index in [2.05, 4.69) is 20.5 Å². The second-order valence-corrected chi connectivity index (χ2v) is 8.56. The Morgan fingerprint density at radius 2 is 2.14 bits per heavy atom. The third-order valence-electron chi connectivity index (χ3n) is 4.85. The van der Waals surface area contributed by atoms with Crippen LogP contribution in [-0.4, -0.2) is 38.2 Å². The SMILES string of the molecule is COc1ccccc1N(C(C)=O)c1nc(CSc2nnnn2C2CCCC2)cs1. The van der Waals surface area contributed by atoms with Gasteiger partial charge in [-0.3, -0.25) is 9.69 Å². The Balaban J connectivity index is 1.50. The van der Waals surface area contributed by atoms with E-state index >= 15 is 0 Å². The summed E-state index contributed by atoms with van der Waals surface area (Å²) in [6, 6.07) is 7.84. The van der Waals surface area contributed by atoms with Crippen molar-refractivity contribution in [3.63, 3.8) is 0 Å². The fourth-order valence-electron chi connectivity index (χ4n) is 3.48. The lowest BCUT2D eigenvalue weighted by Gasteiger charge is -2.20. The molecule has 1 amide bonds. The molecule has 0 spiro atoms. The first-order valence-corrected chi connectivity index (χ1v) is 11.3. The fraction of sp³-hybridized carbons (Fsp3) is 0.421. The number of para-hydroxylation sites is 2. The number of anilines is 2. The quantitative estimate of drug-likeness (QED) is 0.518. The standard InChI is InChI=1S/C19H22N6O2S2/c1-13(26)24(16-9-5-6-10-17(16)27-2)18-20-14(11-28-18)12-29-19-21-22-23-25(19)15-7-3-4-8-15/h5-6,9-11,15H,3-4,7-8,12H2,1-2H3. The average Bonchev–Trinajstić information content (AvgIpc) is 3.48. The number of carbonyl (C=O) groups excluding carboxylic acids is 1. The van der Waals surface area contributed by atoms with Crippen molar-refractivity contribution in [2.45, 2.75) is 49.6 Å². The van der Waals surface area contributed by atoms with Gasteiger partial charge in [0.05, 0.1) is 24.5 Å². The zero-order valence-corrected chi connectivity index (χ0v) is 17.9. The van der Waals surface area contributed by atoms with Gasteiger partial charge in [0, 0.05) is 18.1 Å². The molecule has 0 radical (unpaired) electrons. The number of hydrogen-bond donors (Lipinski definition) is 0. The van der Waals surface area contributed by atoms with Crippen LogP contribution in [0.5, 0.6) is 5.75 Å². The third kappa shape index (κ3) is 4.27. The highest BCUT2D eigenvalue weighted by molar-refractivity contribution is 7.98. The summed E-state index contributed by atoms with van der Waals surface area (Å²) in [5.41, 5.74) is 1.57. The van der Waals surface area contributed by atoms with E-state index < -0.39 is 0 Å². The number of nitrogens with zero attached hydrogens (tertiary/aromatic N) is 6. The van der Waals surface area contributed by atoms with Crippen molar-refractivity contribution in [1.82, 2.24) is 25.2 Å². The Kier molecular flexibility index (Phi) is 6.10. The van der Waals surface area contributed by atoms with Gasteiger partial charge in [0.2, 0.25) is 11.1 Å². The van der Waals surface area contributed by atoms with E-state index in [4.69, 9.17) is 4.74 Å². The van der Waals surface area contributed by atoms with Crippen LogP contribution >= 0.6 is 23.1 Å². The number of carbonyl (C=O) groups is 1. The first-order valence-electron chi connectivity index (χ1n) is 9.46. The van der Waals surface area contributed by atoms with Gasteiger partial charge in [0.1, 0.15) is 5.75 Å². The number of tetrazole rings is 1. The van der Waals surface area contributed by atoms with Crippen molar-refractivity contribution >= 4 is 39.8 Å². The zero-order chi connectivity index (χ0) is 20.2. The lowest BCUT2D eigenvalue weighted by atomic mass is 10.2. The lowest BCUT2D eigenvalue weighted by Crippen LogP contribution is -2.23. The van der Waals surface area contributed by atoms with Gasteiger partial charge in [-0.15, -0.1) is 16.4 Å². The van der Waals surface area contributed by atoms with Crippen molar-refractivity contribution in [1.29, 1.82) is 0 Å². The average molecular weight is 431 g/mol. The molecule has 1 saturated carbocycles. The van der Waals surface area contributed by atoms with E-state index in [1.165, 1.54) is 31.1 Å². The molecule has 0 atom stereocenters. The number of ether oxygens (including phenoxy) is 1.